The van der Waals surface area contributed by atoms with E-state index in [4.69, 9.17) is 17.3 Å². The normalized spacial score (nSPS) is 10.4. The third-order valence-corrected chi connectivity index (χ3v) is 1.87. The zero-order chi connectivity index (χ0) is 10.1. The van der Waals surface area contributed by atoms with E-state index < -0.39 is 0 Å². The van der Waals surface area contributed by atoms with Gasteiger partial charge in [-0.2, -0.15) is 14.8 Å². The molecule has 0 unspecified atom stereocenters. The molecule has 72 valence electrons. The third kappa shape index (κ3) is 1.54. The van der Waals surface area contributed by atoms with Gasteiger partial charge in [-0.15, -0.1) is 0 Å². The van der Waals surface area contributed by atoms with Crippen molar-refractivity contribution in [1.29, 1.82) is 0 Å². The molecule has 2 heterocycles. The van der Waals surface area contributed by atoms with E-state index >= 15 is 0 Å². The summed E-state index contributed by atoms with van der Waals surface area (Å²) in [6, 6.07) is 3.45. The van der Waals surface area contributed by atoms with Crippen LogP contribution < -0.4 is 5.73 Å². The fraction of sp³-hybridized carbons (Fsp3) is 0.125. The first-order chi connectivity index (χ1) is 6.66. The van der Waals surface area contributed by atoms with Gasteiger partial charge in [0.1, 0.15) is 5.82 Å². The van der Waals surface area contributed by atoms with E-state index in [0.717, 1.165) is 5.69 Å². The lowest BCUT2D eigenvalue weighted by molar-refractivity contribution is 0.835. The molecule has 0 fully saturated rings. The smallest absolute Gasteiger partial charge is 0.224 e. The molecule has 0 aromatic carbocycles. The van der Waals surface area contributed by atoms with E-state index in [-0.39, 0.29) is 5.28 Å². The fourth-order valence-electron chi connectivity index (χ4n) is 1.15. The standard InChI is InChI=1S/C8H8ClN5/c1-5-4-6(10)14(13-5)7-2-3-11-8(9)12-7/h2-4H,10H2,1H3. The van der Waals surface area contributed by atoms with Crippen molar-refractivity contribution in [3.63, 3.8) is 0 Å². The summed E-state index contributed by atoms with van der Waals surface area (Å²) in [5.74, 6) is 1.09. The quantitative estimate of drug-likeness (QED) is 0.717. The van der Waals surface area contributed by atoms with Crippen molar-refractivity contribution in [3.05, 3.63) is 29.3 Å². The van der Waals surface area contributed by atoms with Crippen LogP contribution in [0.5, 0.6) is 0 Å². The number of rotatable bonds is 1. The fourth-order valence-corrected chi connectivity index (χ4v) is 1.29. The van der Waals surface area contributed by atoms with Crippen molar-refractivity contribution < 1.29 is 0 Å². The second-order valence-corrected chi connectivity index (χ2v) is 3.14. The first-order valence-electron chi connectivity index (χ1n) is 3.98. The number of nitrogens with zero attached hydrogens (tertiary/aromatic N) is 4. The van der Waals surface area contributed by atoms with Gasteiger partial charge in [-0.25, -0.2) is 4.98 Å². The number of anilines is 1. The second-order valence-electron chi connectivity index (χ2n) is 2.81. The van der Waals surface area contributed by atoms with Gasteiger partial charge in [0.05, 0.1) is 5.69 Å². The number of nitrogen functional groups attached to an aromatic ring is 1. The molecule has 5 nitrogen and oxygen atoms in total. The summed E-state index contributed by atoms with van der Waals surface area (Å²) in [7, 11) is 0. The maximum absolute atomic E-state index is 5.72. The van der Waals surface area contributed by atoms with Crippen molar-refractivity contribution in [2.75, 3.05) is 5.73 Å². The molecule has 0 saturated heterocycles. The topological polar surface area (TPSA) is 69.6 Å². The highest BCUT2D eigenvalue weighted by molar-refractivity contribution is 6.28. The molecule has 0 aliphatic heterocycles. The second kappa shape index (κ2) is 3.26. The SMILES string of the molecule is Cc1cc(N)n(-c2ccnc(Cl)n2)n1. The lowest BCUT2D eigenvalue weighted by Crippen LogP contribution is -2.04. The lowest BCUT2D eigenvalue weighted by Gasteiger charge is -2.01. The highest BCUT2D eigenvalue weighted by Crippen LogP contribution is 2.12. The van der Waals surface area contributed by atoms with Crippen LogP contribution in [0.2, 0.25) is 5.28 Å². The molecular formula is C8H8ClN5. The van der Waals surface area contributed by atoms with Gasteiger partial charge in [-0.05, 0) is 18.5 Å². The van der Waals surface area contributed by atoms with E-state index in [1.165, 1.54) is 4.68 Å². The van der Waals surface area contributed by atoms with Crippen LogP contribution in [0.4, 0.5) is 5.82 Å². The van der Waals surface area contributed by atoms with Crippen molar-refractivity contribution in [1.82, 2.24) is 19.7 Å². The van der Waals surface area contributed by atoms with Gasteiger partial charge in [0.2, 0.25) is 5.28 Å². The number of aromatic nitrogens is 4. The maximum Gasteiger partial charge on any atom is 0.224 e. The summed E-state index contributed by atoms with van der Waals surface area (Å²) >= 11 is 5.65. The number of aryl methyl sites for hydroxylation is 1. The van der Waals surface area contributed by atoms with Gasteiger partial charge in [-0.3, -0.25) is 0 Å². The Morgan fingerprint density at radius 3 is 2.86 bits per heavy atom. The molecule has 0 bridgehead atoms. The van der Waals surface area contributed by atoms with Crippen LogP contribution in [0.1, 0.15) is 5.69 Å². The van der Waals surface area contributed by atoms with E-state index in [0.29, 0.717) is 11.6 Å². The molecule has 2 rings (SSSR count). The van der Waals surface area contributed by atoms with Crippen molar-refractivity contribution in [2.24, 2.45) is 0 Å². The predicted molar refractivity (Wildman–Crippen MR) is 53.3 cm³/mol. The molecule has 0 aliphatic rings. The zero-order valence-electron chi connectivity index (χ0n) is 7.48. The molecule has 2 aromatic heterocycles. The molecule has 0 aliphatic carbocycles. The molecule has 2 aromatic rings. The van der Waals surface area contributed by atoms with Gasteiger partial charge in [-0.1, -0.05) is 0 Å². The molecule has 0 saturated carbocycles. The van der Waals surface area contributed by atoms with Crippen molar-refractivity contribution in [3.8, 4) is 5.82 Å². The predicted octanol–water partition coefficient (Wildman–Crippen LogP) is 1.21. The van der Waals surface area contributed by atoms with Gasteiger partial charge >= 0.3 is 0 Å². The molecule has 14 heavy (non-hydrogen) atoms. The largest absolute Gasteiger partial charge is 0.384 e. The maximum atomic E-state index is 5.72. The molecular weight excluding hydrogens is 202 g/mol. The Morgan fingerprint density at radius 2 is 2.29 bits per heavy atom. The minimum atomic E-state index is 0.176. The summed E-state index contributed by atoms with van der Waals surface area (Å²) in [5.41, 5.74) is 6.55. The highest BCUT2D eigenvalue weighted by Gasteiger charge is 2.05. The number of hydrogen-bond donors (Lipinski definition) is 1. The summed E-state index contributed by atoms with van der Waals surface area (Å²) in [6.45, 7) is 1.86. The Hall–Kier alpha value is -1.62. The molecule has 2 N–H and O–H groups in total. The first kappa shape index (κ1) is 8.96. The Labute approximate surface area is 85.5 Å². The van der Waals surface area contributed by atoms with Crippen LogP contribution in [-0.4, -0.2) is 19.7 Å². The average Bonchev–Trinajstić information content (AvgIpc) is 2.45. The van der Waals surface area contributed by atoms with Crippen molar-refractivity contribution >= 4 is 17.4 Å². The Bertz CT molecular complexity index is 465. The van der Waals surface area contributed by atoms with Gasteiger partial charge in [0, 0.05) is 18.3 Å². The molecule has 0 amide bonds. The number of hydrogen-bond acceptors (Lipinski definition) is 4. The number of nitrogens with two attached hydrogens (primary N) is 1. The van der Waals surface area contributed by atoms with Gasteiger partial charge in [0.25, 0.3) is 0 Å². The van der Waals surface area contributed by atoms with Crippen LogP contribution in [0.25, 0.3) is 5.82 Å². The molecule has 0 radical (unpaired) electrons. The zero-order valence-corrected chi connectivity index (χ0v) is 8.23. The third-order valence-electron chi connectivity index (χ3n) is 1.69. The summed E-state index contributed by atoms with van der Waals surface area (Å²) in [4.78, 5) is 7.77. The van der Waals surface area contributed by atoms with Crippen molar-refractivity contribution in [2.45, 2.75) is 6.92 Å². The van der Waals surface area contributed by atoms with Crippen LogP contribution in [0.15, 0.2) is 18.3 Å². The number of halogens is 1. The minimum Gasteiger partial charge on any atom is -0.384 e. The highest BCUT2D eigenvalue weighted by atomic mass is 35.5. The first-order valence-corrected chi connectivity index (χ1v) is 4.35. The lowest BCUT2D eigenvalue weighted by atomic mass is 10.5. The van der Waals surface area contributed by atoms with Crippen LogP contribution in [0.3, 0.4) is 0 Å². The summed E-state index contributed by atoms with van der Waals surface area (Å²) in [6.07, 6.45) is 1.56. The van der Waals surface area contributed by atoms with Crippen LogP contribution in [-0.2, 0) is 0 Å². The van der Waals surface area contributed by atoms with Gasteiger partial charge < -0.3 is 5.73 Å². The summed E-state index contributed by atoms with van der Waals surface area (Å²) in [5, 5.41) is 4.34. The molecule has 6 heteroatoms. The Morgan fingerprint density at radius 1 is 1.50 bits per heavy atom. The van der Waals surface area contributed by atoms with E-state index in [9.17, 15) is 0 Å². The van der Waals surface area contributed by atoms with Crippen LogP contribution >= 0.6 is 11.6 Å². The summed E-state index contributed by atoms with van der Waals surface area (Å²) < 4.78 is 1.52. The monoisotopic (exact) mass is 209 g/mol. The Kier molecular flexibility index (Phi) is 2.09. The average molecular weight is 210 g/mol. The van der Waals surface area contributed by atoms with Gasteiger partial charge in [0.15, 0.2) is 5.82 Å². The van der Waals surface area contributed by atoms with E-state index in [1.807, 2.05) is 6.92 Å². The minimum absolute atomic E-state index is 0.176. The Balaban J connectivity index is 2.54. The van der Waals surface area contributed by atoms with E-state index in [1.54, 1.807) is 18.3 Å². The van der Waals surface area contributed by atoms with Crippen LogP contribution in [0, 0.1) is 6.92 Å². The molecule has 0 spiro atoms. The molecule has 0 atom stereocenters. The van der Waals surface area contributed by atoms with E-state index in [2.05, 4.69) is 15.1 Å².